The molecule has 0 spiro atoms. The summed E-state index contributed by atoms with van der Waals surface area (Å²) in [5.74, 6) is -2.26. The lowest BCUT2D eigenvalue weighted by Gasteiger charge is -2.37. The number of halogens is 1. The maximum atomic E-state index is 14.4. The Bertz CT molecular complexity index is 1430. The fraction of sp³-hybridized carbons (Fsp3) is 0.233. The Kier molecular flexibility index (Phi) is 4.71. The number of imide groups is 1. The number of Topliss-reactive ketones (excluding diaryl/α,β-unsaturated/α-hetero) is 1. The fourth-order valence-corrected chi connectivity index (χ4v) is 7.22. The third-order valence-electron chi connectivity index (χ3n) is 8.33. The first-order chi connectivity index (χ1) is 16.9. The predicted molar refractivity (Wildman–Crippen MR) is 136 cm³/mol. The van der Waals surface area contributed by atoms with Crippen LogP contribution in [0.25, 0.3) is 11.1 Å². The predicted octanol–water partition coefficient (Wildman–Crippen LogP) is 6.06. The summed E-state index contributed by atoms with van der Waals surface area (Å²) in [5, 5.41) is 0.336. The fourth-order valence-electron chi connectivity index (χ4n) is 7.00. The van der Waals surface area contributed by atoms with Crippen LogP contribution in [0.15, 0.2) is 84.9 Å². The van der Waals surface area contributed by atoms with Gasteiger partial charge in [0.1, 0.15) is 0 Å². The second-order valence-corrected chi connectivity index (χ2v) is 10.2. The van der Waals surface area contributed by atoms with E-state index in [-0.39, 0.29) is 17.6 Å². The van der Waals surface area contributed by atoms with Gasteiger partial charge in [0.25, 0.3) is 0 Å². The Morgan fingerprint density at radius 1 is 0.743 bits per heavy atom. The molecule has 3 aromatic carbocycles. The van der Waals surface area contributed by atoms with E-state index in [9.17, 15) is 14.4 Å². The van der Waals surface area contributed by atoms with E-state index in [0.29, 0.717) is 17.1 Å². The highest BCUT2D eigenvalue weighted by atomic mass is 35.5. The molecule has 0 N–H and O–H groups in total. The Morgan fingerprint density at radius 3 is 1.83 bits per heavy atom. The number of anilines is 1. The summed E-state index contributed by atoms with van der Waals surface area (Å²) < 4.78 is 0. The molecule has 3 aliphatic rings. The molecule has 2 amide bonds. The third kappa shape index (κ3) is 2.55. The van der Waals surface area contributed by atoms with E-state index in [4.69, 9.17) is 11.6 Å². The quantitative estimate of drug-likeness (QED) is 0.426. The van der Waals surface area contributed by atoms with Crippen LogP contribution in [0.2, 0.25) is 5.02 Å². The van der Waals surface area contributed by atoms with Crippen molar-refractivity contribution in [2.45, 2.75) is 20.3 Å². The molecule has 0 unspecified atom stereocenters. The average Bonchev–Trinajstić information content (AvgIpc) is 3.35. The summed E-state index contributed by atoms with van der Waals surface area (Å²) in [7, 11) is 0. The van der Waals surface area contributed by atoms with Crippen LogP contribution in [0.3, 0.4) is 0 Å². The highest BCUT2D eigenvalue weighted by molar-refractivity contribution is 6.38. The maximum absolute atomic E-state index is 14.4. The molecule has 4 nitrogen and oxygen atoms in total. The number of benzene rings is 3. The minimum absolute atomic E-state index is 0.0271. The summed E-state index contributed by atoms with van der Waals surface area (Å²) in [5.41, 5.74) is 1.72. The van der Waals surface area contributed by atoms with Gasteiger partial charge >= 0.3 is 0 Å². The number of rotatable bonds is 4. The molecule has 174 valence electrons. The zero-order valence-corrected chi connectivity index (χ0v) is 20.3. The SMILES string of the molecule is CC[C@@]12C(=O)[C@](C)(C(c3ccccc3)=C1c1ccccc1)[C@@H]1C(=O)N(c3ccccc3Cl)C(=O)[C@@H]12. The Balaban J connectivity index is 1.66. The summed E-state index contributed by atoms with van der Waals surface area (Å²) in [6.07, 6.45) is 0.429. The van der Waals surface area contributed by atoms with Crippen molar-refractivity contribution in [3.63, 3.8) is 0 Å². The Morgan fingerprint density at radius 2 is 1.26 bits per heavy atom. The molecule has 6 rings (SSSR count). The van der Waals surface area contributed by atoms with Crippen molar-refractivity contribution in [1.29, 1.82) is 0 Å². The van der Waals surface area contributed by atoms with Gasteiger partial charge in [-0.25, -0.2) is 4.90 Å². The molecular weight excluding hydrogens is 458 g/mol. The van der Waals surface area contributed by atoms with Gasteiger partial charge in [-0.05, 0) is 47.8 Å². The zero-order chi connectivity index (χ0) is 24.5. The minimum Gasteiger partial charge on any atom is -0.298 e. The smallest absolute Gasteiger partial charge is 0.239 e. The summed E-state index contributed by atoms with van der Waals surface area (Å²) in [6.45, 7) is 3.82. The lowest BCUT2D eigenvalue weighted by atomic mass is 9.62. The van der Waals surface area contributed by atoms with E-state index in [0.717, 1.165) is 22.3 Å². The molecule has 0 aromatic heterocycles. The monoisotopic (exact) mass is 481 g/mol. The van der Waals surface area contributed by atoms with Crippen molar-refractivity contribution in [1.82, 2.24) is 0 Å². The second kappa shape index (κ2) is 7.50. The van der Waals surface area contributed by atoms with Crippen LogP contribution >= 0.6 is 11.6 Å². The Hall–Kier alpha value is -3.50. The van der Waals surface area contributed by atoms with Gasteiger partial charge < -0.3 is 0 Å². The van der Waals surface area contributed by atoms with E-state index >= 15 is 0 Å². The number of hydrogen-bond donors (Lipinski definition) is 0. The highest BCUT2D eigenvalue weighted by Gasteiger charge is 2.79. The van der Waals surface area contributed by atoms with Crippen molar-refractivity contribution < 1.29 is 14.4 Å². The van der Waals surface area contributed by atoms with Crippen LogP contribution in [0.4, 0.5) is 5.69 Å². The summed E-state index contributed by atoms with van der Waals surface area (Å²) >= 11 is 6.44. The van der Waals surface area contributed by atoms with Gasteiger partial charge in [0, 0.05) is 0 Å². The van der Waals surface area contributed by atoms with E-state index in [1.165, 1.54) is 4.90 Å². The van der Waals surface area contributed by atoms with Crippen LogP contribution in [0.5, 0.6) is 0 Å². The number of fused-ring (bicyclic) bond motifs is 5. The van der Waals surface area contributed by atoms with Crippen molar-refractivity contribution in [2.75, 3.05) is 4.90 Å². The molecule has 2 aliphatic carbocycles. The van der Waals surface area contributed by atoms with Gasteiger partial charge in [0.2, 0.25) is 11.8 Å². The van der Waals surface area contributed by atoms with Gasteiger partial charge in [-0.1, -0.05) is 91.3 Å². The van der Waals surface area contributed by atoms with E-state index in [2.05, 4.69) is 0 Å². The molecule has 3 aromatic rings. The largest absolute Gasteiger partial charge is 0.298 e. The number of allylic oxidation sites excluding steroid dienone is 2. The van der Waals surface area contributed by atoms with Crippen LogP contribution in [0.1, 0.15) is 31.4 Å². The molecular formula is C30H24ClNO3. The number of carbonyl (C=O) groups excluding carboxylic acids is 3. The molecule has 2 fully saturated rings. The lowest BCUT2D eigenvalue weighted by molar-refractivity contribution is -0.134. The average molecular weight is 482 g/mol. The van der Waals surface area contributed by atoms with Crippen LogP contribution in [0, 0.1) is 22.7 Å². The molecule has 0 radical (unpaired) electrons. The maximum Gasteiger partial charge on any atom is 0.239 e. The number of para-hydroxylation sites is 1. The van der Waals surface area contributed by atoms with Crippen molar-refractivity contribution >= 4 is 46.0 Å². The summed E-state index contributed by atoms with van der Waals surface area (Å²) in [4.78, 5) is 43.8. The molecule has 2 bridgehead atoms. The van der Waals surface area contributed by atoms with Crippen LogP contribution in [-0.2, 0) is 14.4 Å². The van der Waals surface area contributed by atoms with Gasteiger partial charge in [-0.3, -0.25) is 14.4 Å². The number of amides is 2. The first-order valence-electron chi connectivity index (χ1n) is 11.9. The molecule has 4 atom stereocenters. The molecule has 1 saturated heterocycles. The van der Waals surface area contributed by atoms with Crippen molar-refractivity contribution in [3.8, 4) is 0 Å². The third-order valence-corrected chi connectivity index (χ3v) is 8.65. The van der Waals surface area contributed by atoms with Gasteiger partial charge in [0.05, 0.1) is 33.4 Å². The normalized spacial score (nSPS) is 29.3. The van der Waals surface area contributed by atoms with Crippen molar-refractivity contribution in [3.05, 3.63) is 101 Å². The number of carbonyl (C=O) groups is 3. The highest BCUT2D eigenvalue weighted by Crippen LogP contribution is 2.74. The number of ketones is 1. The van der Waals surface area contributed by atoms with E-state index < -0.39 is 22.7 Å². The topological polar surface area (TPSA) is 54.5 Å². The minimum atomic E-state index is -1.13. The second-order valence-electron chi connectivity index (χ2n) is 9.76. The number of hydrogen-bond acceptors (Lipinski definition) is 3. The Labute approximate surface area is 209 Å². The first-order valence-corrected chi connectivity index (χ1v) is 12.3. The molecule has 1 saturated carbocycles. The molecule has 5 heteroatoms. The van der Waals surface area contributed by atoms with Crippen LogP contribution < -0.4 is 4.90 Å². The van der Waals surface area contributed by atoms with E-state index in [1.54, 1.807) is 24.3 Å². The zero-order valence-electron chi connectivity index (χ0n) is 19.5. The summed E-state index contributed by atoms with van der Waals surface area (Å²) in [6, 6.07) is 26.5. The number of nitrogens with zero attached hydrogens (tertiary/aromatic N) is 1. The first kappa shape index (κ1) is 22.0. The van der Waals surface area contributed by atoms with Crippen molar-refractivity contribution in [2.24, 2.45) is 22.7 Å². The molecule has 1 aliphatic heterocycles. The lowest BCUT2D eigenvalue weighted by Crippen LogP contribution is -2.41. The molecule has 1 heterocycles. The van der Waals surface area contributed by atoms with Gasteiger partial charge in [0.15, 0.2) is 5.78 Å². The standard InChI is InChI=1S/C30H24ClNO3/c1-3-30-23(19-14-8-5-9-15-19)22(18-12-6-4-7-13-18)29(2,28(30)35)24-25(30)27(34)32(26(24)33)21-17-11-10-16-20(21)31/h4-17,24-25H,3H2,1-2H3/t24-,25+,29+,30+/m0/s1. The molecule has 35 heavy (non-hydrogen) atoms. The van der Waals surface area contributed by atoms with Gasteiger partial charge in [-0.2, -0.15) is 0 Å². The van der Waals surface area contributed by atoms with E-state index in [1.807, 2.05) is 74.5 Å². The van der Waals surface area contributed by atoms with Gasteiger partial charge in [-0.15, -0.1) is 0 Å². The van der Waals surface area contributed by atoms with Crippen LogP contribution in [-0.4, -0.2) is 17.6 Å².